The molecule has 0 bridgehead atoms. The van der Waals surface area contributed by atoms with Gasteiger partial charge in [0, 0.05) is 22.9 Å². The van der Waals surface area contributed by atoms with E-state index in [1.54, 1.807) is 0 Å². The Hall–Kier alpha value is -0.340. The van der Waals surface area contributed by atoms with Gasteiger partial charge in [-0.1, -0.05) is 26.8 Å². The summed E-state index contributed by atoms with van der Waals surface area (Å²) >= 11 is 1.87. The van der Waals surface area contributed by atoms with E-state index in [-0.39, 0.29) is 5.41 Å². The minimum absolute atomic E-state index is 0.274. The third-order valence-electron chi connectivity index (χ3n) is 3.63. The molecule has 1 heterocycles. The Kier molecular flexibility index (Phi) is 3.70. The van der Waals surface area contributed by atoms with Crippen LogP contribution in [0.3, 0.4) is 0 Å². The SMILES string of the molecule is CCC(NCC(C)(C)c1cccs1)C1CC1. The van der Waals surface area contributed by atoms with Gasteiger partial charge in [0.1, 0.15) is 0 Å². The van der Waals surface area contributed by atoms with E-state index in [0.717, 1.165) is 18.5 Å². The van der Waals surface area contributed by atoms with Gasteiger partial charge in [-0.25, -0.2) is 0 Å². The Morgan fingerprint density at radius 3 is 2.75 bits per heavy atom. The van der Waals surface area contributed by atoms with Crippen molar-refractivity contribution in [3.63, 3.8) is 0 Å². The molecule has 0 amide bonds. The summed E-state index contributed by atoms with van der Waals surface area (Å²) in [7, 11) is 0. The standard InChI is InChI=1S/C14H23NS/c1-4-12(11-7-8-11)15-10-14(2,3)13-6-5-9-16-13/h5-6,9,11-12,15H,4,7-8,10H2,1-3H3. The first-order valence-electron chi connectivity index (χ1n) is 6.41. The maximum atomic E-state index is 3.77. The highest BCUT2D eigenvalue weighted by Gasteiger charge is 2.31. The van der Waals surface area contributed by atoms with Gasteiger partial charge < -0.3 is 5.32 Å². The Balaban J connectivity index is 1.88. The van der Waals surface area contributed by atoms with Crippen LogP contribution in [0, 0.1) is 5.92 Å². The Morgan fingerprint density at radius 1 is 1.50 bits per heavy atom. The van der Waals surface area contributed by atoms with Crippen LogP contribution < -0.4 is 5.32 Å². The fourth-order valence-corrected chi connectivity index (χ4v) is 3.13. The quantitative estimate of drug-likeness (QED) is 0.793. The van der Waals surface area contributed by atoms with Crippen molar-refractivity contribution >= 4 is 11.3 Å². The van der Waals surface area contributed by atoms with Crippen molar-refractivity contribution in [1.82, 2.24) is 5.32 Å². The summed E-state index contributed by atoms with van der Waals surface area (Å²) in [6.45, 7) is 8.08. The molecule has 0 radical (unpaired) electrons. The van der Waals surface area contributed by atoms with Crippen LogP contribution in [-0.4, -0.2) is 12.6 Å². The highest BCUT2D eigenvalue weighted by Crippen LogP contribution is 2.34. The zero-order valence-electron chi connectivity index (χ0n) is 10.6. The first kappa shape index (κ1) is 12.1. The molecule has 1 atom stereocenters. The van der Waals surface area contributed by atoms with Gasteiger partial charge >= 0.3 is 0 Å². The van der Waals surface area contributed by atoms with E-state index in [4.69, 9.17) is 0 Å². The van der Waals surface area contributed by atoms with Crippen LogP contribution in [-0.2, 0) is 5.41 Å². The molecule has 1 fully saturated rings. The van der Waals surface area contributed by atoms with Gasteiger partial charge in [0.05, 0.1) is 0 Å². The van der Waals surface area contributed by atoms with Crippen LogP contribution in [0.1, 0.15) is 44.9 Å². The van der Waals surface area contributed by atoms with E-state index in [2.05, 4.69) is 43.6 Å². The molecule has 0 spiro atoms. The Labute approximate surface area is 103 Å². The predicted octanol–water partition coefficient (Wildman–Crippen LogP) is 3.80. The molecule has 1 aromatic rings. The highest BCUT2D eigenvalue weighted by molar-refractivity contribution is 7.10. The normalized spacial score (nSPS) is 18.7. The fourth-order valence-electron chi connectivity index (χ4n) is 2.28. The van der Waals surface area contributed by atoms with Crippen LogP contribution in [0.25, 0.3) is 0 Å². The molecule has 1 aliphatic rings. The zero-order chi connectivity index (χ0) is 11.6. The molecule has 1 nitrogen and oxygen atoms in total. The second-order valence-corrected chi connectivity index (χ2v) is 6.54. The molecular formula is C14H23NS. The molecule has 0 aliphatic heterocycles. The third kappa shape index (κ3) is 2.86. The molecule has 1 N–H and O–H groups in total. The number of hydrogen-bond donors (Lipinski definition) is 1. The van der Waals surface area contributed by atoms with Gasteiger partial charge in [-0.15, -0.1) is 11.3 Å². The lowest BCUT2D eigenvalue weighted by Crippen LogP contribution is -2.39. The lowest BCUT2D eigenvalue weighted by molar-refractivity contribution is 0.388. The predicted molar refractivity (Wildman–Crippen MR) is 72.2 cm³/mol. The number of hydrogen-bond acceptors (Lipinski definition) is 2. The molecule has 0 aromatic carbocycles. The van der Waals surface area contributed by atoms with Crippen LogP contribution in [0.15, 0.2) is 17.5 Å². The van der Waals surface area contributed by atoms with Crippen LogP contribution in [0.4, 0.5) is 0 Å². The minimum atomic E-state index is 0.274. The summed E-state index contributed by atoms with van der Waals surface area (Å²) in [4.78, 5) is 1.49. The minimum Gasteiger partial charge on any atom is -0.313 e. The van der Waals surface area contributed by atoms with Crippen molar-refractivity contribution in [1.29, 1.82) is 0 Å². The topological polar surface area (TPSA) is 12.0 Å². The highest BCUT2D eigenvalue weighted by atomic mass is 32.1. The Morgan fingerprint density at radius 2 is 2.25 bits per heavy atom. The summed E-state index contributed by atoms with van der Waals surface area (Å²) in [5.41, 5.74) is 0.274. The van der Waals surface area contributed by atoms with Gasteiger partial charge in [0.15, 0.2) is 0 Å². The smallest absolute Gasteiger partial charge is 0.0115 e. The second kappa shape index (κ2) is 4.89. The molecule has 1 saturated carbocycles. The van der Waals surface area contributed by atoms with Crippen molar-refractivity contribution in [2.75, 3.05) is 6.54 Å². The van der Waals surface area contributed by atoms with E-state index in [0.29, 0.717) is 0 Å². The molecule has 0 saturated heterocycles. The van der Waals surface area contributed by atoms with Gasteiger partial charge in [-0.2, -0.15) is 0 Å². The lowest BCUT2D eigenvalue weighted by atomic mass is 9.91. The zero-order valence-corrected chi connectivity index (χ0v) is 11.4. The van der Waals surface area contributed by atoms with Crippen molar-refractivity contribution in [3.05, 3.63) is 22.4 Å². The van der Waals surface area contributed by atoms with E-state index < -0.39 is 0 Å². The number of nitrogens with one attached hydrogen (secondary N) is 1. The molecule has 16 heavy (non-hydrogen) atoms. The molecule has 2 rings (SSSR count). The van der Waals surface area contributed by atoms with E-state index in [1.807, 2.05) is 11.3 Å². The summed E-state index contributed by atoms with van der Waals surface area (Å²) in [6, 6.07) is 5.16. The van der Waals surface area contributed by atoms with Crippen LogP contribution in [0.2, 0.25) is 0 Å². The van der Waals surface area contributed by atoms with Crippen molar-refractivity contribution in [3.8, 4) is 0 Å². The van der Waals surface area contributed by atoms with Gasteiger partial charge in [-0.05, 0) is 36.6 Å². The average molecular weight is 237 g/mol. The number of rotatable bonds is 6. The van der Waals surface area contributed by atoms with E-state index in [1.165, 1.54) is 24.1 Å². The summed E-state index contributed by atoms with van der Waals surface area (Å²) in [6.07, 6.45) is 4.14. The summed E-state index contributed by atoms with van der Waals surface area (Å²) in [5.74, 6) is 0.962. The first-order valence-corrected chi connectivity index (χ1v) is 7.29. The van der Waals surface area contributed by atoms with Crippen LogP contribution >= 0.6 is 11.3 Å². The van der Waals surface area contributed by atoms with Crippen LogP contribution in [0.5, 0.6) is 0 Å². The first-order chi connectivity index (χ1) is 7.63. The molecule has 1 aliphatic carbocycles. The van der Waals surface area contributed by atoms with Crippen molar-refractivity contribution < 1.29 is 0 Å². The molecule has 1 aromatic heterocycles. The van der Waals surface area contributed by atoms with Gasteiger partial charge in [-0.3, -0.25) is 0 Å². The maximum Gasteiger partial charge on any atom is 0.0115 e. The van der Waals surface area contributed by atoms with Crippen molar-refractivity contribution in [2.45, 2.75) is 51.5 Å². The fraction of sp³-hybridized carbons (Fsp3) is 0.714. The molecular weight excluding hydrogens is 214 g/mol. The van der Waals surface area contributed by atoms with E-state index in [9.17, 15) is 0 Å². The average Bonchev–Trinajstić information content (AvgIpc) is 2.93. The largest absolute Gasteiger partial charge is 0.313 e. The van der Waals surface area contributed by atoms with Crippen molar-refractivity contribution in [2.24, 2.45) is 5.92 Å². The van der Waals surface area contributed by atoms with Gasteiger partial charge in [0.25, 0.3) is 0 Å². The van der Waals surface area contributed by atoms with Gasteiger partial charge in [0.2, 0.25) is 0 Å². The molecule has 2 heteroatoms. The second-order valence-electron chi connectivity index (χ2n) is 5.59. The molecule has 90 valence electrons. The number of thiophene rings is 1. The molecule has 1 unspecified atom stereocenters. The lowest BCUT2D eigenvalue weighted by Gasteiger charge is -2.27. The monoisotopic (exact) mass is 237 g/mol. The Bertz CT molecular complexity index is 311. The maximum absolute atomic E-state index is 3.77. The summed E-state index contributed by atoms with van der Waals surface area (Å²) in [5, 5.41) is 5.94. The summed E-state index contributed by atoms with van der Waals surface area (Å²) < 4.78 is 0. The van der Waals surface area contributed by atoms with E-state index >= 15 is 0 Å². The third-order valence-corrected chi connectivity index (χ3v) is 4.86.